The van der Waals surface area contributed by atoms with E-state index in [0.29, 0.717) is 0 Å². The maximum absolute atomic E-state index is 12.5. The molecule has 0 heterocycles. The van der Waals surface area contributed by atoms with Gasteiger partial charge in [0.1, 0.15) is 6.07 Å². The average molecular weight is 315 g/mol. The van der Waals surface area contributed by atoms with Crippen LogP contribution >= 0.6 is 11.8 Å². The zero-order valence-corrected chi connectivity index (χ0v) is 9.95. The van der Waals surface area contributed by atoms with Crippen molar-refractivity contribution < 1.29 is 36.2 Å². The highest BCUT2D eigenvalue weighted by Crippen LogP contribution is 2.42. The number of halogens is 6. The Morgan fingerprint density at radius 2 is 1.75 bits per heavy atom. The number of hydrogen-bond donors (Lipinski definition) is 1. The van der Waals surface area contributed by atoms with Gasteiger partial charge in [0.2, 0.25) is 0 Å². The monoisotopic (exact) mass is 315 g/mol. The Labute approximate surface area is 111 Å². The second-order valence-electron chi connectivity index (χ2n) is 3.36. The van der Waals surface area contributed by atoms with Gasteiger partial charge in [-0.25, -0.2) is 4.79 Å². The highest BCUT2D eigenvalue weighted by Gasteiger charge is 2.36. The zero-order valence-electron chi connectivity index (χ0n) is 9.13. The molecule has 20 heavy (non-hydrogen) atoms. The Morgan fingerprint density at radius 1 is 1.20 bits per heavy atom. The molecule has 0 spiro atoms. The highest BCUT2D eigenvalue weighted by atomic mass is 32.2. The molecule has 0 fully saturated rings. The molecule has 0 radical (unpaired) electrons. The van der Waals surface area contributed by atoms with Gasteiger partial charge in [0.05, 0.1) is 16.7 Å². The van der Waals surface area contributed by atoms with Crippen LogP contribution in [-0.2, 0) is 6.18 Å². The largest absolute Gasteiger partial charge is 0.478 e. The third-order valence-electron chi connectivity index (χ3n) is 2.00. The van der Waals surface area contributed by atoms with Crippen LogP contribution < -0.4 is 0 Å². The van der Waals surface area contributed by atoms with E-state index in [9.17, 15) is 31.1 Å². The van der Waals surface area contributed by atoms with E-state index in [4.69, 9.17) is 10.4 Å². The van der Waals surface area contributed by atoms with Gasteiger partial charge in [-0.2, -0.15) is 31.6 Å². The molecular weight excluding hydrogens is 312 g/mol. The average Bonchev–Trinajstić information content (AvgIpc) is 2.24. The van der Waals surface area contributed by atoms with Crippen molar-refractivity contribution in [2.24, 2.45) is 0 Å². The summed E-state index contributed by atoms with van der Waals surface area (Å²) in [5.74, 6) is -1.92. The number of carboxylic acid groups (broad SMARTS) is 1. The predicted molar refractivity (Wildman–Crippen MR) is 55.0 cm³/mol. The van der Waals surface area contributed by atoms with Crippen molar-refractivity contribution in [1.29, 1.82) is 5.26 Å². The summed E-state index contributed by atoms with van der Waals surface area (Å²) in [5.41, 5.74) is -8.62. The Hall–Kier alpha value is -1.89. The number of rotatable bonds is 2. The summed E-state index contributed by atoms with van der Waals surface area (Å²) < 4.78 is 74.3. The van der Waals surface area contributed by atoms with Crippen molar-refractivity contribution in [3.63, 3.8) is 0 Å². The second-order valence-corrected chi connectivity index (χ2v) is 4.47. The van der Waals surface area contributed by atoms with E-state index >= 15 is 0 Å². The lowest BCUT2D eigenvalue weighted by Gasteiger charge is -2.13. The summed E-state index contributed by atoms with van der Waals surface area (Å²) in [6.07, 6.45) is -5.03. The lowest BCUT2D eigenvalue weighted by Crippen LogP contribution is -2.11. The quantitative estimate of drug-likeness (QED) is 0.664. The molecule has 3 nitrogen and oxygen atoms in total. The van der Waals surface area contributed by atoms with Crippen molar-refractivity contribution in [1.82, 2.24) is 0 Å². The van der Waals surface area contributed by atoms with E-state index in [0.717, 1.165) is 0 Å². The number of aromatic carboxylic acids is 1. The minimum absolute atomic E-state index is 0.100. The molecule has 1 aromatic rings. The topological polar surface area (TPSA) is 61.1 Å². The number of benzene rings is 1. The van der Waals surface area contributed by atoms with E-state index in [1.807, 2.05) is 0 Å². The molecule has 1 aromatic carbocycles. The van der Waals surface area contributed by atoms with E-state index in [-0.39, 0.29) is 12.1 Å². The lowest BCUT2D eigenvalue weighted by atomic mass is 10.0. The molecule has 0 amide bonds. The van der Waals surface area contributed by atoms with Gasteiger partial charge < -0.3 is 5.11 Å². The van der Waals surface area contributed by atoms with Crippen LogP contribution in [0.4, 0.5) is 26.3 Å². The maximum atomic E-state index is 12.5. The van der Waals surface area contributed by atoms with E-state index in [1.54, 1.807) is 0 Å². The first-order valence-corrected chi connectivity index (χ1v) is 5.41. The van der Waals surface area contributed by atoms with Crippen LogP contribution in [0.15, 0.2) is 17.0 Å². The molecule has 10 heteroatoms. The van der Waals surface area contributed by atoms with Crippen molar-refractivity contribution in [3.05, 3.63) is 28.8 Å². The molecule has 1 N–H and O–H groups in total. The zero-order chi connectivity index (χ0) is 15.7. The third kappa shape index (κ3) is 3.80. The van der Waals surface area contributed by atoms with Gasteiger partial charge in [0, 0.05) is 4.90 Å². The molecule has 0 saturated carbocycles. The molecule has 0 aliphatic carbocycles. The van der Waals surface area contributed by atoms with Crippen molar-refractivity contribution in [3.8, 4) is 6.07 Å². The van der Waals surface area contributed by atoms with E-state index in [2.05, 4.69) is 0 Å². The first-order valence-electron chi connectivity index (χ1n) is 4.60. The molecule has 1 rings (SSSR count). The maximum Gasteiger partial charge on any atom is 0.446 e. The summed E-state index contributed by atoms with van der Waals surface area (Å²) in [6, 6.07) is 1.40. The first-order chi connectivity index (χ1) is 8.95. The summed E-state index contributed by atoms with van der Waals surface area (Å²) in [4.78, 5) is 9.66. The highest BCUT2D eigenvalue weighted by molar-refractivity contribution is 8.00. The molecular formula is C10H3F6NO2S. The molecule has 0 aromatic heterocycles. The van der Waals surface area contributed by atoms with Gasteiger partial charge >= 0.3 is 17.7 Å². The van der Waals surface area contributed by atoms with Crippen LogP contribution in [0.25, 0.3) is 0 Å². The van der Waals surface area contributed by atoms with Gasteiger partial charge in [-0.05, 0) is 23.9 Å². The third-order valence-corrected chi connectivity index (χ3v) is 2.77. The van der Waals surface area contributed by atoms with Crippen LogP contribution in [0.3, 0.4) is 0 Å². The summed E-state index contributed by atoms with van der Waals surface area (Å²) in [5, 5.41) is 17.4. The molecule has 0 unspecified atom stereocenters. The van der Waals surface area contributed by atoms with Crippen LogP contribution in [0.1, 0.15) is 21.5 Å². The molecule has 0 bridgehead atoms. The van der Waals surface area contributed by atoms with Crippen LogP contribution in [0.5, 0.6) is 0 Å². The first kappa shape index (κ1) is 16.2. The minimum atomic E-state index is -5.03. The fraction of sp³-hybridized carbons (Fsp3) is 0.200. The number of hydrogen-bond acceptors (Lipinski definition) is 3. The van der Waals surface area contributed by atoms with Crippen molar-refractivity contribution >= 4 is 17.7 Å². The summed E-state index contributed by atoms with van der Waals surface area (Å²) in [6.45, 7) is 0. The molecule has 0 atom stereocenters. The lowest BCUT2D eigenvalue weighted by molar-refractivity contribution is -0.137. The van der Waals surface area contributed by atoms with Gasteiger partial charge in [-0.15, -0.1) is 0 Å². The van der Waals surface area contributed by atoms with Crippen LogP contribution in [-0.4, -0.2) is 16.6 Å². The molecule has 108 valence electrons. The normalized spacial score (nSPS) is 12.1. The number of carbonyl (C=O) groups is 1. The van der Waals surface area contributed by atoms with E-state index < -0.39 is 51.0 Å². The Balaban J connectivity index is 3.59. The number of nitrogens with zero attached hydrogens (tertiary/aromatic N) is 1. The number of alkyl halides is 6. The fourth-order valence-corrected chi connectivity index (χ4v) is 1.96. The van der Waals surface area contributed by atoms with E-state index in [1.165, 1.54) is 6.07 Å². The Kier molecular flexibility index (Phi) is 4.24. The van der Waals surface area contributed by atoms with Gasteiger partial charge in [-0.3, -0.25) is 0 Å². The number of nitriles is 1. The Morgan fingerprint density at radius 3 is 2.10 bits per heavy atom. The van der Waals surface area contributed by atoms with Crippen LogP contribution in [0.2, 0.25) is 0 Å². The summed E-state index contributed by atoms with van der Waals surface area (Å²) in [7, 11) is 0. The number of carboxylic acids is 1. The Bertz CT molecular complexity index is 587. The summed E-state index contributed by atoms with van der Waals surface area (Å²) >= 11 is -0.972. The predicted octanol–water partition coefficient (Wildman–Crippen LogP) is 3.89. The SMILES string of the molecule is N#Cc1c(SC(F)(F)F)cc(C(F)(F)F)cc1C(=O)O. The van der Waals surface area contributed by atoms with Gasteiger partial charge in [-0.1, -0.05) is 0 Å². The van der Waals surface area contributed by atoms with Gasteiger partial charge in [0.15, 0.2) is 0 Å². The van der Waals surface area contributed by atoms with Crippen LogP contribution in [0, 0.1) is 11.3 Å². The molecule has 0 aliphatic rings. The number of thioether (sulfide) groups is 1. The smallest absolute Gasteiger partial charge is 0.446 e. The van der Waals surface area contributed by atoms with Gasteiger partial charge in [0.25, 0.3) is 0 Å². The van der Waals surface area contributed by atoms with Crippen molar-refractivity contribution in [2.45, 2.75) is 16.6 Å². The molecule has 0 aliphatic heterocycles. The standard InChI is InChI=1S/C10H3F6NO2S/c11-9(12,13)4-1-5(8(18)19)6(3-17)7(2-4)20-10(14,15)16/h1-2H,(H,18,19). The van der Waals surface area contributed by atoms with Crippen molar-refractivity contribution in [2.75, 3.05) is 0 Å². The second kappa shape index (κ2) is 5.24. The minimum Gasteiger partial charge on any atom is -0.478 e. The molecule has 0 saturated heterocycles. The fourth-order valence-electron chi connectivity index (χ4n) is 1.27.